The lowest BCUT2D eigenvalue weighted by atomic mass is 9.81. The minimum absolute atomic E-state index is 0. The number of carbonyl (C=O) groups is 2. The van der Waals surface area contributed by atoms with E-state index in [-0.39, 0.29) is 36.1 Å². The molecule has 3 heterocycles. The van der Waals surface area contributed by atoms with Crippen LogP contribution in [0.1, 0.15) is 32.1 Å². The summed E-state index contributed by atoms with van der Waals surface area (Å²) in [5, 5.41) is 0. The number of rotatable bonds is 6. The molecule has 158 valence electrons. The monoisotopic (exact) mass is 419 g/mol. The predicted molar refractivity (Wildman–Crippen MR) is 112 cm³/mol. The largest absolute Gasteiger partial charge is 0.338 e. The van der Waals surface area contributed by atoms with Crippen LogP contribution in [0, 0.1) is 23.7 Å². The van der Waals surface area contributed by atoms with Crippen LogP contribution < -0.4 is 4.90 Å². The molecule has 29 heavy (non-hydrogen) atoms. The first-order valence-corrected chi connectivity index (χ1v) is 10.8. The number of imide groups is 1. The average Bonchev–Trinajstić information content (AvgIpc) is 3.41. The molecule has 0 aromatic carbocycles. The molecule has 0 spiro atoms. The van der Waals surface area contributed by atoms with E-state index in [1.165, 1.54) is 0 Å². The molecule has 5 rings (SSSR count). The standard InChI is InChI=1S/C21H29N5O2.ClH/c27-19-17-15-4-5-16(14-15)18(17)20(28)26(19)9-2-1-8-24-10-12-25(13-11-24)21-22-6-3-7-23-21;/h3,6-7,15-18H,1-2,4-5,8-14H2;1H/t15-,16+,17-,18+;. The maximum absolute atomic E-state index is 12.7. The zero-order valence-electron chi connectivity index (χ0n) is 16.8. The van der Waals surface area contributed by atoms with Gasteiger partial charge in [-0.2, -0.15) is 0 Å². The fourth-order valence-corrected chi connectivity index (χ4v) is 5.92. The van der Waals surface area contributed by atoms with Crippen LogP contribution in [-0.2, 0) is 9.59 Å². The highest BCUT2D eigenvalue weighted by atomic mass is 35.5. The Bertz CT molecular complexity index is 712. The van der Waals surface area contributed by atoms with Gasteiger partial charge in [-0.25, -0.2) is 9.97 Å². The molecule has 2 bridgehead atoms. The fraction of sp³-hybridized carbons (Fsp3) is 0.714. The second-order valence-electron chi connectivity index (χ2n) is 8.80. The van der Waals surface area contributed by atoms with Crippen molar-refractivity contribution in [2.24, 2.45) is 23.7 Å². The minimum Gasteiger partial charge on any atom is -0.338 e. The molecule has 2 amide bonds. The van der Waals surface area contributed by atoms with Gasteiger partial charge in [0.2, 0.25) is 17.8 Å². The van der Waals surface area contributed by atoms with Crippen molar-refractivity contribution in [3.8, 4) is 0 Å². The lowest BCUT2D eigenvalue weighted by Crippen LogP contribution is -2.47. The van der Waals surface area contributed by atoms with E-state index in [1.807, 2.05) is 6.07 Å². The summed E-state index contributed by atoms with van der Waals surface area (Å²) in [7, 11) is 0. The molecule has 8 heteroatoms. The third-order valence-electron chi connectivity index (χ3n) is 7.33. The van der Waals surface area contributed by atoms with Gasteiger partial charge >= 0.3 is 0 Å². The molecule has 7 nitrogen and oxygen atoms in total. The maximum Gasteiger partial charge on any atom is 0.233 e. The van der Waals surface area contributed by atoms with E-state index < -0.39 is 0 Å². The van der Waals surface area contributed by atoms with E-state index in [1.54, 1.807) is 17.3 Å². The van der Waals surface area contributed by atoms with Gasteiger partial charge in [-0.3, -0.25) is 19.4 Å². The van der Waals surface area contributed by atoms with Crippen LogP contribution in [-0.4, -0.2) is 70.9 Å². The number of anilines is 1. The first-order valence-electron chi connectivity index (χ1n) is 10.8. The summed E-state index contributed by atoms with van der Waals surface area (Å²) >= 11 is 0. The second-order valence-corrected chi connectivity index (χ2v) is 8.80. The molecule has 2 saturated heterocycles. The molecule has 0 unspecified atom stereocenters. The number of hydrogen-bond donors (Lipinski definition) is 0. The van der Waals surface area contributed by atoms with Crippen molar-refractivity contribution >= 4 is 30.2 Å². The summed E-state index contributed by atoms with van der Waals surface area (Å²) in [6.45, 7) is 5.54. The number of nitrogens with zero attached hydrogens (tertiary/aromatic N) is 5. The van der Waals surface area contributed by atoms with Crippen molar-refractivity contribution in [3.05, 3.63) is 18.5 Å². The summed E-state index contributed by atoms with van der Waals surface area (Å²) in [5.74, 6) is 2.12. The number of carbonyl (C=O) groups excluding carboxylic acids is 2. The normalized spacial score (nSPS) is 31.3. The lowest BCUT2D eigenvalue weighted by molar-refractivity contribution is -0.140. The Balaban J connectivity index is 0.00000205. The zero-order valence-corrected chi connectivity index (χ0v) is 17.6. The number of fused-ring (bicyclic) bond motifs is 5. The first kappa shape index (κ1) is 20.5. The molecular weight excluding hydrogens is 390 g/mol. The van der Waals surface area contributed by atoms with Gasteiger partial charge in [0, 0.05) is 45.1 Å². The number of halogens is 1. The Hall–Kier alpha value is -1.73. The van der Waals surface area contributed by atoms with Crippen LogP contribution in [0.4, 0.5) is 5.95 Å². The maximum atomic E-state index is 12.7. The van der Waals surface area contributed by atoms with Crippen molar-refractivity contribution in [3.63, 3.8) is 0 Å². The van der Waals surface area contributed by atoms with Gasteiger partial charge in [0.05, 0.1) is 11.8 Å². The highest BCUT2D eigenvalue weighted by Crippen LogP contribution is 2.56. The van der Waals surface area contributed by atoms with Crippen molar-refractivity contribution in [2.45, 2.75) is 32.1 Å². The van der Waals surface area contributed by atoms with E-state index in [9.17, 15) is 9.59 Å². The van der Waals surface area contributed by atoms with Crippen LogP contribution in [0.5, 0.6) is 0 Å². The van der Waals surface area contributed by atoms with Crippen LogP contribution in [0.3, 0.4) is 0 Å². The van der Waals surface area contributed by atoms with Gasteiger partial charge in [0.25, 0.3) is 0 Å². The van der Waals surface area contributed by atoms with E-state index in [2.05, 4.69) is 19.8 Å². The minimum atomic E-state index is 0. The smallest absolute Gasteiger partial charge is 0.233 e. The van der Waals surface area contributed by atoms with Crippen molar-refractivity contribution in [2.75, 3.05) is 44.2 Å². The molecule has 4 atom stereocenters. The Morgan fingerprint density at radius 1 is 0.862 bits per heavy atom. The SMILES string of the molecule is Cl.O=C1[C@@H]2[C@@H]3CC[C@@H](C3)[C@@H]2C(=O)N1CCCCN1CCN(c2ncccn2)CC1. The topological polar surface area (TPSA) is 69.6 Å². The summed E-state index contributed by atoms with van der Waals surface area (Å²) in [6, 6.07) is 1.84. The number of likely N-dealkylation sites (tertiary alicyclic amines) is 1. The number of hydrogen-bond acceptors (Lipinski definition) is 6. The molecule has 2 saturated carbocycles. The Morgan fingerprint density at radius 2 is 1.45 bits per heavy atom. The van der Waals surface area contributed by atoms with Gasteiger partial charge in [-0.1, -0.05) is 0 Å². The number of piperazine rings is 1. The summed E-state index contributed by atoms with van der Waals surface area (Å²) in [6.07, 6.45) is 8.93. The molecule has 1 aromatic heterocycles. The van der Waals surface area contributed by atoms with Gasteiger partial charge in [-0.15, -0.1) is 12.4 Å². The third kappa shape index (κ3) is 3.75. The molecule has 4 aliphatic rings. The van der Waals surface area contributed by atoms with Gasteiger partial charge < -0.3 is 4.90 Å². The Kier molecular flexibility index (Phi) is 6.06. The summed E-state index contributed by atoms with van der Waals surface area (Å²) in [5.41, 5.74) is 0. The molecule has 1 aromatic rings. The number of aromatic nitrogens is 2. The lowest BCUT2D eigenvalue weighted by Gasteiger charge is -2.34. The molecule has 4 fully saturated rings. The van der Waals surface area contributed by atoms with Crippen LogP contribution in [0.25, 0.3) is 0 Å². The highest BCUT2D eigenvalue weighted by molar-refractivity contribution is 6.06. The van der Waals surface area contributed by atoms with Crippen LogP contribution in [0.2, 0.25) is 0 Å². The van der Waals surface area contributed by atoms with Gasteiger partial charge in [0.1, 0.15) is 0 Å². The second kappa shape index (κ2) is 8.56. The molecule has 0 radical (unpaired) electrons. The Labute approximate surface area is 178 Å². The van der Waals surface area contributed by atoms with Crippen LogP contribution >= 0.6 is 12.4 Å². The molecular formula is C21H30ClN5O2. The van der Waals surface area contributed by atoms with E-state index >= 15 is 0 Å². The quantitative estimate of drug-likeness (QED) is 0.517. The van der Waals surface area contributed by atoms with Crippen molar-refractivity contribution in [1.29, 1.82) is 0 Å². The van der Waals surface area contributed by atoms with Crippen molar-refractivity contribution < 1.29 is 9.59 Å². The average molecular weight is 420 g/mol. The number of unbranched alkanes of at least 4 members (excludes halogenated alkanes) is 1. The summed E-state index contributed by atoms with van der Waals surface area (Å²) < 4.78 is 0. The Morgan fingerprint density at radius 3 is 2.07 bits per heavy atom. The van der Waals surface area contributed by atoms with Crippen LogP contribution in [0.15, 0.2) is 18.5 Å². The fourth-order valence-electron chi connectivity index (χ4n) is 5.92. The van der Waals surface area contributed by atoms with Gasteiger partial charge in [0.15, 0.2) is 0 Å². The number of amides is 2. The molecule has 2 aliphatic heterocycles. The third-order valence-corrected chi connectivity index (χ3v) is 7.33. The van der Waals surface area contributed by atoms with E-state index in [0.29, 0.717) is 18.4 Å². The first-order chi connectivity index (χ1) is 13.7. The molecule has 2 aliphatic carbocycles. The molecule has 0 N–H and O–H groups in total. The van der Waals surface area contributed by atoms with Crippen molar-refractivity contribution in [1.82, 2.24) is 19.8 Å². The van der Waals surface area contributed by atoms with Gasteiger partial charge in [-0.05, 0) is 56.6 Å². The van der Waals surface area contributed by atoms with E-state index in [4.69, 9.17) is 0 Å². The summed E-state index contributed by atoms with van der Waals surface area (Å²) in [4.78, 5) is 40.4. The predicted octanol–water partition coefficient (Wildman–Crippen LogP) is 1.83. The van der Waals surface area contributed by atoms with E-state index in [0.717, 1.165) is 70.8 Å². The highest BCUT2D eigenvalue weighted by Gasteiger charge is 2.60. The zero-order chi connectivity index (χ0) is 19.1.